The Balaban J connectivity index is 2.33. The topological polar surface area (TPSA) is 0 Å². The molecule has 0 aliphatic heterocycles. The number of benzene rings is 1. The molecule has 0 N–H and O–H groups in total. The minimum absolute atomic E-state index is 0.376. The van der Waals surface area contributed by atoms with Gasteiger partial charge in [-0.15, -0.1) is 11.3 Å². The summed E-state index contributed by atoms with van der Waals surface area (Å²) in [6.45, 7) is 4.61. The van der Waals surface area contributed by atoms with Crippen LogP contribution in [0.3, 0.4) is 0 Å². The van der Waals surface area contributed by atoms with Crippen LogP contribution in [0.5, 0.6) is 0 Å². The van der Waals surface area contributed by atoms with E-state index in [4.69, 9.17) is 0 Å². The van der Waals surface area contributed by atoms with E-state index in [2.05, 4.69) is 88.2 Å². The van der Waals surface area contributed by atoms with Crippen molar-refractivity contribution < 1.29 is 0 Å². The number of hydrogen-bond acceptors (Lipinski definition) is 1. The third-order valence-electron chi connectivity index (χ3n) is 3.62. The van der Waals surface area contributed by atoms with Crippen LogP contribution in [0.4, 0.5) is 0 Å². The van der Waals surface area contributed by atoms with Crippen LogP contribution in [-0.4, -0.2) is 0 Å². The zero-order chi connectivity index (χ0) is 13.8. The summed E-state index contributed by atoms with van der Waals surface area (Å²) in [6.07, 6.45) is 1.19. The Kier molecular flexibility index (Phi) is 5.67. The molecule has 1 heterocycles. The van der Waals surface area contributed by atoms with Crippen LogP contribution in [0.25, 0.3) is 0 Å². The van der Waals surface area contributed by atoms with Gasteiger partial charge in [0.25, 0.3) is 0 Å². The van der Waals surface area contributed by atoms with Gasteiger partial charge in [-0.1, -0.05) is 66.5 Å². The molecule has 0 aliphatic rings. The summed E-state index contributed by atoms with van der Waals surface area (Å²) in [5.41, 5.74) is 1.42. The molecule has 0 nitrogen and oxygen atoms in total. The fourth-order valence-corrected chi connectivity index (χ4v) is 5.08. The van der Waals surface area contributed by atoms with Crippen LogP contribution < -0.4 is 0 Å². The minimum atomic E-state index is 0.376. The van der Waals surface area contributed by atoms with Crippen molar-refractivity contribution in [2.45, 2.75) is 31.0 Å². The first-order chi connectivity index (χ1) is 9.13. The monoisotopic (exact) mass is 400 g/mol. The quantitative estimate of drug-likeness (QED) is 0.484. The van der Waals surface area contributed by atoms with Gasteiger partial charge in [0.15, 0.2) is 0 Å². The Morgan fingerprint density at radius 2 is 1.79 bits per heavy atom. The molecular weight excluding hydrogens is 384 g/mol. The summed E-state index contributed by atoms with van der Waals surface area (Å²) in [6, 6.07) is 15.2. The highest BCUT2D eigenvalue weighted by Crippen LogP contribution is 2.46. The van der Waals surface area contributed by atoms with E-state index in [-0.39, 0.29) is 0 Å². The third kappa shape index (κ3) is 3.71. The standard InChI is InChI=1S/C16H18Br2S/c1-3-11(2)15(12-7-5-4-6-8-12)16(18)13-9-10-14(17)19-13/h4-11,15-16H,3H2,1-2H3. The highest BCUT2D eigenvalue weighted by molar-refractivity contribution is 9.11. The van der Waals surface area contributed by atoms with Gasteiger partial charge in [0.05, 0.1) is 8.61 Å². The second kappa shape index (κ2) is 7.05. The lowest BCUT2D eigenvalue weighted by Gasteiger charge is -2.28. The third-order valence-corrected chi connectivity index (χ3v) is 6.70. The lowest BCUT2D eigenvalue weighted by molar-refractivity contribution is 0.442. The Hall–Kier alpha value is -0.120. The smallest absolute Gasteiger partial charge is 0.0701 e. The second-order valence-electron chi connectivity index (χ2n) is 4.87. The van der Waals surface area contributed by atoms with E-state index in [1.807, 2.05) is 11.3 Å². The van der Waals surface area contributed by atoms with Crippen LogP contribution in [0.2, 0.25) is 0 Å². The van der Waals surface area contributed by atoms with Crippen molar-refractivity contribution in [3.8, 4) is 0 Å². The molecule has 0 aliphatic carbocycles. The zero-order valence-electron chi connectivity index (χ0n) is 11.1. The summed E-state index contributed by atoms with van der Waals surface area (Å²) >= 11 is 9.31. The molecule has 102 valence electrons. The van der Waals surface area contributed by atoms with Crippen LogP contribution in [-0.2, 0) is 0 Å². The van der Waals surface area contributed by atoms with Crippen molar-refractivity contribution in [2.75, 3.05) is 0 Å². The molecule has 2 aromatic rings. The number of thiophene rings is 1. The van der Waals surface area contributed by atoms with Gasteiger partial charge >= 0.3 is 0 Å². The van der Waals surface area contributed by atoms with E-state index >= 15 is 0 Å². The van der Waals surface area contributed by atoms with Crippen LogP contribution in [0, 0.1) is 5.92 Å². The van der Waals surface area contributed by atoms with Crippen LogP contribution in [0.1, 0.15) is 41.5 Å². The molecule has 3 unspecified atom stereocenters. The fraction of sp³-hybridized carbons (Fsp3) is 0.375. The summed E-state index contributed by atoms with van der Waals surface area (Å²) in [5.74, 6) is 1.16. The summed E-state index contributed by atoms with van der Waals surface area (Å²) in [7, 11) is 0. The van der Waals surface area contributed by atoms with Crippen molar-refractivity contribution in [2.24, 2.45) is 5.92 Å². The van der Waals surface area contributed by atoms with Gasteiger partial charge in [0.2, 0.25) is 0 Å². The Morgan fingerprint density at radius 1 is 1.11 bits per heavy atom. The predicted octanol–water partition coefficient (Wildman–Crippen LogP) is 6.78. The van der Waals surface area contributed by atoms with E-state index in [0.717, 1.165) is 0 Å². The lowest BCUT2D eigenvalue weighted by Crippen LogP contribution is -2.13. The zero-order valence-corrected chi connectivity index (χ0v) is 15.1. The maximum Gasteiger partial charge on any atom is 0.0701 e. The first-order valence-electron chi connectivity index (χ1n) is 6.57. The van der Waals surface area contributed by atoms with E-state index < -0.39 is 0 Å². The number of halogens is 2. The second-order valence-corrected chi connectivity index (χ2v) is 8.35. The number of hydrogen-bond donors (Lipinski definition) is 0. The molecular formula is C16H18Br2S. The van der Waals surface area contributed by atoms with Gasteiger partial charge in [0, 0.05) is 10.8 Å². The number of rotatable bonds is 5. The van der Waals surface area contributed by atoms with Gasteiger partial charge < -0.3 is 0 Å². The first-order valence-corrected chi connectivity index (χ1v) is 9.10. The number of alkyl halides is 1. The SMILES string of the molecule is CCC(C)C(c1ccccc1)C(Br)c1ccc(Br)s1. The molecule has 1 aromatic carbocycles. The normalized spacial score (nSPS) is 16.0. The van der Waals surface area contributed by atoms with Gasteiger partial charge in [0.1, 0.15) is 0 Å². The molecule has 2 rings (SSSR count). The molecule has 0 radical (unpaired) electrons. The minimum Gasteiger partial charge on any atom is -0.132 e. The van der Waals surface area contributed by atoms with Crippen molar-refractivity contribution in [1.82, 2.24) is 0 Å². The van der Waals surface area contributed by atoms with E-state index in [1.165, 1.54) is 20.6 Å². The van der Waals surface area contributed by atoms with E-state index in [9.17, 15) is 0 Å². The van der Waals surface area contributed by atoms with Crippen molar-refractivity contribution in [1.29, 1.82) is 0 Å². The van der Waals surface area contributed by atoms with Crippen molar-refractivity contribution in [3.05, 3.63) is 56.7 Å². The predicted molar refractivity (Wildman–Crippen MR) is 92.3 cm³/mol. The lowest BCUT2D eigenvalue weighted by atomic mass is 9.83. The molecule has 1 aromatic heterocycles. The van der Waals surface area contributed by atoms with Gasteiger partial charge in [-0.2, -0.15) is 0 Å². The molecule has 3 heteroatoms. The molecule has 0 saturated heterocycles. The average molecular weight is 402 g/mol. The average Bonchev–Trinajstić information content (AvgIpc) is 2.86. The molecule has 19 heavy (non-hydrogen) atoms. The molecule has 0 amide bonds. The largest absolute Gasteiger partial charge is 0.132 e. The molecule has 0 fully saturated rings. The maximum absolute atomic E-state index is 3.93. The maximum atomic E-state index is 3.93. The van der Waals surface area contributed by atoms with Crippen molar-refractivity contribution in [3.63, 3.8) is 0 Å². The van der Waals surface area contributed by atoms with E-state index in [0.29, 0.717) is 16.7 Å². The fourth-order valence-electron chi connectivity index (χ4n) is 2.37. The Bertz CT molecular complexity index is 506. The highest BCUT2D eigenvalue weighted by Gasteiger charge is 2.27. The van der Waals surface area contributed by atoms with Gasteiger partial charge in [-0.25, -0.2) is 0 Å². The Labute approximate surface area is 136 Å². The van der Waals surface area contributed by atoms with Gasteiger partial charge in [-0.3, -0.25) is 0 Å². The molecule has 3 atom stereocenters. The summed E-state index contributed by atoms with van der Waals surface area (Å²) < 4.78 is 1.20. The molecule has 0 bridgehead atoms. The van der Waals surface area contributed by atoms with E-state index in [1.54, 1.807) is 0 Å². The van der Waals surface area contributed by atoms with Crippen LogP contribution in [0.15, 0.2) is 46.3 Å². The first kappa shape index (κ1) is 15.3. The van der Waals surface area contributed by atoms with Crippen LogP contribution >= 0.6 is 43.2 Å². The molecule has 0 spiro atoms. The molecule has 0 saturated carbocycles. The van der Waals surface area contributed by atoms with Crippen molar-refractivity contribution >= 4 is 43.2 Å². The summed E-state index contributed by atoms with van der Waals surface area (Å²) in [5, 5.41) is 0. The Morgan fingerprint density at radius 3 is 2.32 bits per heavy atom. The highest BCUT2D eigenvalue weighted by atomic mass is 79.9. The van der Waals surface area contributed by atoms with Gasteiger partial charge in [-0.05, 0) is 39.5 Å². The summed E-state index contributed by atoms with van der Waals surface area (Å²) in [4.78, 5) is 1.77.